The lowest BCUT2D eigenvalue weighted by Gasteiger charge is -2.42. The van der Waals surface area contributed by atoms with E-state index in [0.717, 1.165) is 44.6 Å². The molecule has 1 fully saturated rings. The van der Waals surface area contributed by atoms with Crippen LogP contribution < -0.4 is 16.0 Å². The van der Waals surface area contributed by atoms with Crippen LogP contribution in [0.2, 0.25) is 5.15 Å². The first-order valence-electron chi connectivity index (χ1n) is 12.4. The Morgan fingerprint density at radius 1 is 1.19 bits per heavy atom. The van der Waals surface area contributed by atoms with E-state index < -0.39 is 5.91 Å². The zero-order valence-electron chi connectivity index (χ0n) is 21.5. The van der Waals surface area contributed by atoms with Crippen molar-refractivity contribution in [3.05, 3.63) is 34.6 Å². The Morgan fingerprint density at radius 3 is 2.61 bits per heavy atom. The quantitative estimate of drug-likeness (QED) is 0.485. The molecule has 1 aliphatic heterocycles. The molecule has 2 aromatic rings. The van der Waals surface area contributed by atoms with E-state index in [1.807, 2.05) is 11.8 Å². The van der Waals surface area contributed by atoms with Crippen LogP contribution in [-0.2, 0) is 0 Å². The maximum Gasteiger partial charge on any atom is 0.274 e. The van der Waals surface area contributed by atoms with Gasteiger partial charge in [-0.1, -0.05) is 25.4 Å². The molecule has 11 nitrogen and oxygen atoms in total. The summed E-state index contributed by atoms with van der Waals surface area (Å²) < 4.78 is 0. The third-order valence-corrected chi connectivity index (χ3v) is 6.59. The highest BCUT2D eigenvalue weighted by Gasteiger charge is 2.29. The zero-order valence-corrected chi connectivity index (χ0v) is 22.3. The normalized spacial score (nSPS) is 16.1. The lowest BCUT2D eigenvalue weighted by Crippen LogP contribution is -2.53. The van der Waals surface area contributed by atoms with E-state index in [9.17, 15) is 9.59 Å². The maximum absolute atomic E-state index is 12.9. The average Bonchev–Trinajstić information content (AvgIpc) is 2.89. The number of nitrogens with two attached hydrogens (primary N) is 1. The lowest BCUT2D eigenvalue weighted by atomic mass is 10.1. The summed E-state index contributed by atoms with van der Waals surface area (Å²) in [6.07, 6.45) is 5.86. The van der Waals surface area contributed by atoms with Crippen LogP contribution in [0.3, 0.4) is 0 Å². The Kier molecular flexibility index (Phi) is 9.77. The minimum absolute atomic E-state index is 0.0275. The molecule has 0 spiro atoms. The molecule has 0 bridgehead atoms. The second-order valence-corrected chi connectivity index (χ2v) is 9.24. The number of aryl methyl sites for hydroxylation is 1. The smallest absolute Gasteiger partial charge is 0.274 e. The minimum Gasteiger partial charge on any atom is -0.382 e. The Hall–Kier alpha value is -3.05. The van der Waals surface area contributed by atoms with Gasteiger partial charge in [0, 0.05) is 58.6 Å². The van der Waals surface area contributed by atoms with E-state index in [-0.39, 0.29) is 28.6 Å². The molecule has 0 radical (unpaired) electrons. The fraction of sp³-hybridized carbons (Fsp3) is 0.583. The van der Waals surface area contributed by atoms with Gasteiger partial charge >= 0.3 is 0 Å². The molecule has 12 heteroatoms. The first kappa shape index (κ1) is 27.5. The number of anilines is 2. The molecule has 1 aliphatic rings. The second kappa shape index (κ2) is 12.8. The molecule has 3 heterocycles. The Balaban J connectivity index is 1.60. The third kappa shape index (κ3) is 6.58. The van der Waals surface area contributed by atoms with E-state index in [4.69, 9.17) is 17.3 Å². The standard InChI is InChI=1S/C24H36ClN9O2/c1-5-8-33(24(36)18-14-28-16(3)13-29-18)10-7-9-32-11-12-34(15-17(32)6-2)22-20(25)30-19(21(26)31-22)23(35)27-4/h13-14,17H,5-12,15H2,1-4H3,(H2,26,31)(H,27,35). The van der Waals surface area contributed by atoms with Crippen LogP contribution in [-0.4, -0.2) is 93.9 Å². The molecule has 3 rings (SSSR count). The summed E-state index contributed by atoms with van der Waals surface area (Å²) in [6.45, 7) is 10.5. The third-order valence-electron chi connectivity index (χ3n) is 6.34. The number of carbonyl (C=O) groups excluding carboxylic acids is 2. The van der Waals surface area contributed by atoms with Crippen molar-refractivity contribution in [2.45, 2.75) is 46.1 Å². The predicted octanol–water partition coefficient (Wildman–Crippen LogP) is 2.01. The van der Waals surface area contributed by atoms with Crippen molar-refractivity contribution in [1.82, 2.24) is 35.1 Å². The monoisotopic (exact) mass is 517 g/mol. The Labute approximate surface area is 217 Å². The van der Waals surface area contributed by atoms with Gasteiger partial charge in [-0.15, -0.1) is 0 Å². The summed E-state index contributed by atoms with van der Waals surface area (Å²) in [7, 11) is 1.50. The number of halogens is 1. The molecule has 0 aliphatic carbocycles. The van der Waals surface area contributed by atoms with Gasteiger partial charge in [0.05, 0.1) is 11.9 Å². The molecule has 0 aromatic carbocycles. The van der Waals surface area contributed by atoms with Gasteiger partial charge in [-0.05, 0) is 26.2 Å². The van der Waals surface area contributed by atoms with E-state index in [1.165, 1.54) is 7.05 Å². The van der Waals surface area contributed by atoms with Crippen molar-refractivity contribution < 1.29 is 9.59 Å². The summed E-state index contributed by atoms with van der Waals surface area (Å²) in [6, 6.07) is 0.287. The van der Waals surface area contributed by atoms with Crippen molar-refractivity contribution in [1.29, 1.82) is 0 Å². The fourth-order valence-electron chi connectivity index (χ4n) is 4.39. The van der Waals surface area contributed by atoms with Crippen LogP contribution in [0, 0.1) is 6.92 Å². The number of carbonyl (C=O) groups is 2. The summed E-state index contributed by atoms with van der Waals surface area (Å²) in [4.78, 5) is 48.3. The number of nitrogens with zero attached hydrogens (tertiary/aromatic N) is 7. The fourth-order valence-corrected chi connectivity index (χ4v) is 4.63. The van der Waals surface area contributed by atoms with Gasteiger partial charge in [0.25, 0.3) is 11.8 Å². The molecule has 3 N–H and O–H groups in total. The predicted molar refractivity (Wildman–Crippen MR) is 140 cm³/mol. The molecule has 36 heavy (non-hydrogen) atoms. The van der Waals surface area contributed by atoms with Crippen molar-refractivity contribution in [2.75, 3.05) is 56.9 Å². The van der Waals surface area contributed by atoms with Crippen LogP contribution in [0.4, 0.5) is 11.6 Å². The Morgan fingerprint density at radius 2 is 1.97 bits per heavy atom. The molecule has 0 saturated carbocycles. The lowest BCUT2D eigenvalue weighted by molar-refractivity contribution is 0.0734. The van der Waals surface area contributed by atoms with Gasteiger partial charge in [-0.2, -0.15) is 0 Å². The van der Waals surface area contributed by atoms with Crippen LogP contribution in [0.1, 0.15) is 59.8 Å². The highest BCUT2D eigenvalue weighted by molar-refractivity contribution is 6.32. The van der Waals surface area contributed by atoms with Gasteiger partial charge in [0.1, 0.15) is 5.69 Å². The molecule has 1 saturated heterocycles. The maximum atomic E-state index is 12.9. The van der Waals surface area contributed by atoms with Crippen LogP contribution in [0.25, 0.3) is 0 Å². The number of piperazine rings is 1. The van der Waals surface area contributed by atoms with Crippen molar-refractivity contribution in [3.63, 3.8) is 0 Å². The molecular weight excluding hydrogens is 482 g/mol. The van der Waals surface area contributed by atoms with E-state index in [1.54, 1.807) is 12.4 Å². The van der Waals surface area contributed by atoms with Gasteiger partial charge in [0.15, 0.2) is 22.5 Å². The first-order chi connectivity index (χ1) is 17.3. The molecule has 2 amide bonds. The molecule has 1 unspecified atom stereocenters. The molecule has 196 valence electrons. The zero-order chi connectivity index (χ0) is 26.2. The van der Waals surface area contributed by atoms with E-state index >= 15 is 0 Å². The minimum atomic E-state index is -0.422. The van der Waals surface area contributed by atoms with E-state index in [2.05, 4.69) is 48.9 Å². The second-order valence-electron chi connectivity index (χ2n) is 8.88. The highest BCUT2D eigenvalue weighted by Crippen LogP contribution is 2.27. The van der Waals surface area contributed by atoms with Gasteiger partial charge in [-0.25, -0.2) is 15.0 Å². The van der Waals surface area contributed by atoms with E-state index in [0.29, 0.717) is 31.1 Å². The summed E-state index contributed by atoms with van der Waals surface area (Å²) in [5, 5.41) is 2.66. The van der Waals surface area contributed by atoms with Gasteiger partial charge in [-0.3, -0.25) is 19.5 Å². The summed E-state index contributed by atoms with van der Waals surface area (Å²) >= 11 is 6.39. The number of aromatic nitrogens is 4. The number of hydrogen-bond acceptors (Lipinski definition) is 9. The van der Waals surface area contributed by atoms with Gasteiger partial charge < -0.3 is 20.9 Å². The SMILES string of the molecule is CCCN(CCCN1CCN(c2nc(N)c(C(=O)NC)nc2Cl)CC1CC)C(=O)c1cnc(C)cn1. The summed E-state index contributed by atoms with van der Waals surface area (Å²) in [5.74, 6) is 0.0592. The van der Waals surface area contributed by atoms with Crippen LogP contribution >= 0.6 is 11.6 Å². The highest BCUT2D eigenvalue weighted by atomic mass is 35.5. The molecule has 2 aromatic heterocycles. The number of nitrogen functional groups attached to an aromatic ring is 1. The Bertz CT molecular complexity index is 1050. The van der Waals surface area contributed by atoms with Crippen molar-refractivity contribution in [2.24, 2.45) is 0 Å². The number of nitrogens with one attached hydrogen (secondary N) is 1. The number of rotatable bonds is 10. The van der Waals surface area contributed by atoms with Crippen LogP contribution in [0.5, 0.6) is 0 Å². The average molecular weight is 518 g/mol. The largest absolute Gasteiger partial charge is 0.382 e. The van der Waals surface area contributed by atoms with Gasteiger partial charge in [0.2, 0.25) is 0 Å². The molecular formula is C24H36ClN9O2. The number of amides is 2. The first-order valence-corrected chi connectivity index (χ1v) is 12.8. The van der Waals surface area contributed by atoms with Crippen LogP contribution in [0.15, 0.2) is 12.4 Å². The summed E-state index contributed by atoms with van der Waals surface area (Å²) in [5.41, 5.74) is 7.19. The van der Waals surface area contributed by atoms with Crippen molar-refractivity contribution >= 4 is 35.1 Å². The topological polar surface area (TPSA) is 133 Å². The molecule has 1 atom stereocenters. The number of hydrogen-bond donors (Lipinski definition) is 2. The van der Waals surface area contributed by atoms with Crippen molar-refractivity contribution in [3.8, 4) is 0 Å².